The van der Waals surface area contributed by atoms with E-state index in [-0.39, 0.29) is 5.63 Å². The predicted octanol–water partition coefficient (Wildman–Crippen LogP) is 9.33. The Bertz CT molecular complexity index is 1670. The van der Waals surface area contributed by atoms with Crippen LogP contribution in [0.15, 0.2) is 75.1 Å². The van der Waals surface area contributed by atoms with Crippen LogP contribution in [0.5, 0.6) is 0 Å². The number of nitrogens with zero attached hydrogens (tertiary/aromatic N) is 5. The second-order valence-electron chi connectivity index (χ2n) is 8.96. The van der Waals surface area contributed by atoms with Gasteiger partial charge in [-0.2, -0.15) is 4.57 Å². The van der Waals surface area contributed by atoms with Gasteiger partial charge in [-0.1, -0.05) is 23.3 Å². The summed E-state index contributed by atoms with van der Waals surface area (Å²) < 4.78 is 67.0. The summed E-state index contributed by atoms with van der Waals surface area (Å²) in [4.78, 5) is 17.7. The summed E-state index contributed by atoms with van der Waals surface area (Å²) in [5, 5.41) is 5.59. The van der Waals surface area contributed by atoms with Crippen molar-refractivity contribution < 1.29 is 34.2 Å². The molecule has 0 aliphatic carbocycles. The van der Waals surface area contributed by atoms with Gasteiger partial charge in [-0.3, -0.25) is 0 Å². The van der Waals surface area contributed by atoms with E-state index < -0.39 is 7.81 Å². The molecular weight excluding hydrogens is 571 g/mol. The second-order valence-corrected chi connectivity index (χ2v) is 10.9. The fraction of sp³-hybridized carbons (Fsp3) is 0.259. The van der Waals surface area contributed by atoms with E-state index in [1.54, 1.807) is 0 Å². The van der Waals surface area contributed by atoms with Crippen LogP contribution in [0.4, 0.5) is 30.9 Å². The van der Waals surface area contributed by atoms with E-state index in [0.29, 0.717) is 17.7 Å². The minimum absolute atomic E-state index is 0.353. The maximum atomic E-state index is 12.7. The second kappa shape index (κ2) is 11.8. The SMILES string of the molecule is CCN(CC)c1ccc2cc(/C=C/c3cc[n+](CCCN=[N+]=[N-])c4ccccc34)c(=O)oc2c1.F[P-](F)(F)(F)(F)F. The molecule has 0 bridgehead atoms. The van der Waals surface area contributed by atoms with Crippen LogP contribution >= 0.6 is 7.81 Å². The number of benzene rings is 2. The Balaban J connectivity index is 0.000000587. The topological polar surface area (TPSA) is 86.1 Å². The van der Waals surface area contributed by atoms with Crippen LogP contribution < -0.4 is 15.1 Å². The molecule has 2 aromatic carbocycles. The normalized spacial score (nSPS) is 13.3. The first kappa shape index (κ1) is 31.4. The van der Waals surface area contributed by atoms with Crippen LogP contribution in [0, 0.1) is 0 Å². The molecule has 0 atom stereocenters. The third-order valence-electron chi connectivity index (χ3n) is 6.00. The molecule has 7 nitrogen and oxygen atoms in total. The Morgan fingerprint density at radius 3 is 2.29 bits per heavy atom. The Morgan fingerprint density at radius 2 is 1.63 bits per heavy atom. The fourth-order valence-electron chi connectivity index (χ4n) is 4.20. The van der Waals surface area contributed by atoms with Gasteiger partial charge in [0.05, 0.1) is 10.9 Å². The average Bonchev–Trinajstić information content (AvgIpc) is 2.89. The molecule has 0 aliphatic rings. The number of azide groups is 1. The van der Waals surface area contributed by atoms with Crippen LogP contribution in [0.2, 0.25) is 0 Å². The predicted molar refractivity (Wildman–Crippen MR) is 151 cm³/mol. The quantitative estimate of drug-likeness (QED) is 0.0281. The molecule has 0 unspecified atom stereocenters. The van der Waals surface area contributed by atoms with Gasteiger partial charge in [-0.25, -0.2) is 4.79 Å². The minimum atomic E-state index is -10.7. The first-order valence-electron chi connectivity index (χ1n) is 12.6. The maximum absolute atomic E-state index is 12.7. The zero-order valence-electron chi connectivity index (χ0n) is 22.2. The molecule has 0 amide bonds. The molecule has 0 saturated carbocycles. The monoisotopic (exact) mass is 599 g/mol. The number of halogens is 6. The van der Waals surface area contributed by atoms with E-state index >= 15 is 0 Å². The van der Waals surface area contributed by atoms with Crippen LogP contribution in [0.25, 0.3) is 44.5 Å². The number of fused-ring (bicyclic) bond motifs is 2. The molecule has 0 fully saturated rings. The number of aromatic nitrogens is 1. The molecule has 2 heterocycles. The molecule has 0 saturated heterocycles. The van der Waals surface area contributed by atoms with Crippen molar-refractivity contribution in [2.24, 2.45) is 5.11 Å². The van der Waals surface area contributed by atoms with Gasteiger partial charge in [-0.15, -0.1) is 0 Å². The Hall–Kier alpha value is -4.08. The van der Waals surface area contributed by atoms with E-state index in [2.05, 4.69) is 51.5 Å². The summed E-state index contributed by atoms with van der Waals surface area (Å²) in [7, 11) is -10.7. The molecule has 4 rings (SSSR count). The van der Waals surface area contributed by atoms with Gasteiger partial charge in [0.15, 0.2) is 6.20 Å². The number of pyridine rings is 1. The number of hydrogen-bond acceptors (Lipinski definition) is 4. The van der Waals surface area contributed by atoms with Crippen LogP contribution in [-0.4, -0.2) is 19.6 Å². The van der Waals surface area contributed by atoms with Crippen molar-refractivity contribution >= 4 is 47.5 Å². The summed E-state index contributed by atoms with van der Waals surface area (Å²) in [6.45, 7) is 7.23. The van der Waals surface area contributed by atoms with Crippen molar-refractivity contribution in [1.82, 2.24) is 0 Å². The van der Waals surface area contributed by atoms with Crippen molar-refractivity contribution in [3.8, 4) is 0 Å². The summed E-state index contributed by atoms with van der Waals surface area (Å²) in [6, 6.07) is 18.0. The zero-order valence-corrected chi connectivity index (χ0v) is 23.1. The van der Waals surface area contributed by atoms with E-state index in [4.69, 9.17) is 9.95 Å². The number of rotatable bonds is 9. The van der Waals surface area contributed by atoms with Gasteiger partial charge in [-0.05, 0) is 55.3 Å². The summed E-state index contributed by atoms with van der Waals surface area (Å²) in [5.41, 5.74) is 12.4. The van der Waals surface area contributed by atoms with Crippen molar-refractivity contribution in [1.29, 1.82) is 0 Å². The summed E-state index contributed by atoms with van der Waals surface area (Å²) >= 11 is 0. The van der Waals surface area contributed by atoms with Crippen molar-refractivity contribution in [3.63, 3.8) is 0 Å². The van der Waals surface area contributed by atoms with E-state index in [9.17, 15) is 30.0 Å². The molecule has 2 aromatic heterocycles. The third-order valence-corrected chi connectivity index (χ3v) is 6.00. The van der Waals surface area contributed by atoms with Crippen molar-refractivity contribution in [2.45, 2.75) is 26.8 Å². The van der Waals surface area contributed by atoms with Gasteiger partial charge in [0.2, 0.25) is 5.52 Å². The number of aryl methyl sites for hydroxylation is 1. The third kappa shape index (κ3) is 10.1. The molecule has 0 aliphatic heterocycles. The van der Waals surface area contributed by atoms with Gasteiger partial charge in [0.1, 0.15) is 12.1 Å². The van der Waals surface area contributed by atoms with Crippen LogP contribution in [0.1, 0.15) is 31.4 Å². The number of para-hydroxylation sites is 1. The van der Waals surface area contributed by atoms with Crippen LogP contribution in [-0.2, 0) is 6.54 Å². The molecule has 0 spiro atoms. The Morgan fingerprint density at radius 1 is 0.976 bits per heavy atom. The fourth-order valence-corrected chi connectivity index (χ4v) is 4.20. The van der Waals surface area contributed by atoms with E-state index in [1.807, 2.05) is 54.7 Å². The molecule has 4 aromatic rings. The average molecular weight is 600 g/mol. The molecule has 0 N–H and O–H groups in total. The zero-order chi connectivity index (χ0) is 30.3. The molecule has 0 radical (unpaired) electrons. The van der Waals surface area contributed by atoms with Gasteiger partial charge >= 0.3 is 38.6 Å². The standard InChI is InChI=1S/C27H28N5O2.F6P/c1-3-31(4-2)23-13-12-21-18-22(27(33)34-26(21)19-23)11-10-20-14-17-32(16-7-15-29-30-28)25-9-6-5-8-24(20)25;1-7(2,3,4,5)6/h5-6,8-14,17-19H,3-4,7,15-16H2,1-2H3;/q+1;-1. The van der Waals surface area contributed by atoms with E-state index in [1.165, 1.54) is 0 Å². The number of anilines is 1. The van der Waals surface area contributed by atoms with Gasteiger partial charge in [0, 0.05) is 60.2 Å². The first-order chi connectivity index (χ1) is 19.1. The van der Waals surface area contributed by atoms with Crippen molar-refractivity contribution in [3.05, 3.63) is 92.8 Å². The number of hydrogen-bond donors (Lipinski definition) is 0. The van der Waals surface area contributed by atoms with Crippen molar-refractivity contribution in [2.75, 3.05) is 24.5 Å². The molecule has 41 heavy (non-hydrogen) atoms. The molecule has 220 valence electrons. The molecule has 14 heteroatoms. The summed E-state index contributed by atoms with van der Waals surface area (Å²) in [6.07, 6.45) is 6.56. The Kier molecular flexibility index (Phi) is 9.05. The summed E-state index contributed by atoms with van der Waals surface area (Å²) in [5.74, 6) is 0. The van der Waals surface area contributed by atoms with E-state index in [0.717, 1.165) is 53.6 Å². The van der Waals surface area contributed by atoms with Crippen LogP contribution in [0.3, 0.4) is 0 Å². The van der Waals surface area contributed by atoms with Gasteiger partial charge < -0.3 is 9.32 Å². The first-order valence-corrected chi connectivity index (χ1v) is 14.6. The van der Waals surface area contributed by atoms with Gasteiger partial charge in [0.25, 0.3) is 0 Å². The molecular formula is C27H28F6N5O2P. The Labute approximate surface area is 231 Å².